The molecule has 3 heterocycles. The molecule has 10 heteroatoms. The van der Waals surface area contributed by atoms with E-state index >= 15 is 0 Å². The van der Waals surface area contributed by atoms with Crippen LogP contribution in [0.1, 0.15) is 35.9 Å². The molecule has 0 aromatic carbocycles. The Labute approximate surface area is 170 Å². The van der Waals surface area contributed by atoms with Crippen LogP contribution in [0.15, 0.2) is 30.7 Å². The number of rotatable bonds is 6. The molecule has 1 fully saturated rings. The molecule has 1 aliphatic rings. The van der Waals surface area contributed by atoms with Gasteiger partial charge in [-0.3, -0.25) is 14.1 Å². The predicted octanol–water partition coefficient (Wildman–Crippen LogP) is 1.65. The molecular formula is C19H25N5O4S. The van der Waals surface area contributed by atoms with Crippen LogP contribution in [0.2, 0.25) is 0 Å². The Kier molecular flexibility index (Phi) is 6.31. The van der Waals surface area contributed by atoms with Crippen LogP contribution in [0.3, 0.4) is 0 Å². The van der Waals surface area contributed by atoms with E-state index in [1.807, 2.05) is 6.92 Å². The van der Waals surface area contributed by atoms with Gasteiger partial charge in [0.1, 0.15) is 11.8 Å². The minimum Gasteiger partial charge on any atom is -0.474 e. The van der Waals surface area contributed by atoms with Crippen molar-refractivity contribution in [2.75, 3.05) is 30.2 Å². The van der Waals surface area contributed by atoms with Crippen molar-refractivity contribution >= 4 is 21.6 Å². The molecule has 1 amide bonds. The average molecular weight is 420 g/mol. The van der Waals surface area contributed by atoms with Gasteiger partial charge in [-0.1, -0.05) is 0 Å². The minimum atomic E-state index is -3.33. The Morgan fingerprint density at radius 3 is 2.45 bits per heavy atom. The summed E-state index contributed by atoms with van der Waals surface area (Å²) in [7, 11) is -1.82. The van der Waals surface area contributed by atoms with E-state index in [1.54, 1.807) is 30.2 Å². The minimum absolute atomic E-state index is 0.0210. The Bertz CT molecular complexity index is 940. The van der Waals surface area contributed by atoms with Crippen LogP contribution in [0.4, 0.5) is 5.69 Å². The lowest BCUT2D eigenvalue weighted by molar-refractivity contribution is 0.0582. The van der Waals surface area contributed by atoms with Crippen molar-refractivity contribution in [2.24, 2.45) is 0 Å². The third kappa shape index (κ3) is 5.00. The van der Waals surface area contributed by atoms with Crippen LogP contribution in [0.5, 0.6) is 5.88 Å². The maximum atomic E-state index is 12.5. The predicted molar refractivity (Wildman–Crippen MR) is 108 cm³/mol. The second kappa shape index (κ2) is 8.73. The van der Waals surface area contributed by atoms with Gasteiger partial charge in [-0.2, -0.15) is 0 Å². The number of likely N-dealkylation sites (tertiary alicyclic amines) is 1. The van der Waals surface area contributed by atoms with Crippen LogP contribution in [-0.4, -0.2) is 66.2 Å². The number of hydrogen-bond donors (Lipinski definition) is 0. The summed E-state index contributed by atoms with van der Waals surface area (Å²) in [5.41, 5.74) is 1.60. The second-order valence-electron chi connectivity index (χ2n) is 6.88. The van der Waals surface area contributed by atoms with Crippen molar-refractivity contribution in [1.82, 2.24) is 19.9 Å². The van der Waals surface area contributed by atoms with Gasteiger partial charge in [-0.25, -0.2) is 18.4 Å². The van der Waals surface area contributed by atoms with E-state index < -0.39 is 10.0 Å². The lowest BCUT2D eigenvalue weighted by atomic mass is 10.1. The highest BCUT2D eigenvalue weighted by molar-refractivity contribution is 7.92. The van der Waals surface area contributed by atoms with Crippen molar-refractivity contribution in [3.63, 3.8) is 0 Å². The van der Waals surface area contributed by atoms with E-state index in [4.69, 9.17) is 4.74 Å². The third-order valence-electron chi connectivity index (χ3n) is 4.88. The van der Waals surface area contributed by atoms with Gasteiger partial charge in [-0.05, 0) is 19.9 Å². The lowest BCUT2D eigenvalue weighted by Crippen LogP contribution is -2.42. The van der Waals surface area contributed by atoms with E-state index in [0.717, 1.165) is 5.69 Å². The zero-order valence-corrected chi connectivity index (χ0v) is 17.6. The summed E-state index contributed by atoms with van der Waals surface area (Å²) in [5.74, 6) is 0.330. The highest BCUT2D eigenvalue weighted by Gasteiger charge is 2.26. The molecule has 0 saturated carbocycles. The molecule has 1 aliphatic heterocycles. The molecule has 29 heavy (non-hydrogen) atoms. The summed E-state index contributed by atoms with van der Waals surface area (Å²) in [6.07, 6.45) is 5.87. The van der Waals surface area contributed by atoms with E-state index in [9.17, 15) is 13.2 Å². The molecule has 0 spiro atoms. The average Bonchev–Trinajstić information content (AvgIpc) is 2.74. The summed E-state index contributed by atoms with van der Waals surface area (Å²) < 4.78 is 31.0. The molecule has 1 saturated heterocycles. The molecule has 0 N–H and O–H groups in total. The first-order valence-corrected chi connectivity index (χ1v) is 11.1. The van der Waals surface area contributed by atoms with Gasteiger partial charge in [0, 0.05) is 45.2 Å². The quantitative estimate of drug-likeness (QED) is 0.701. The molecule has 0 bridgehead atoms. The van der Waals surface area contributed by atoms with Crippen LogP contribution >= 0.6 is 0 Å². The SMILES string of the molecule is CCS(=O)(=O)N(C)c1ccc(OC2CCN(C(=O)c3cnc(C)cn3)CC2)nc1. The topological polar surface area (TPSA) is 106 Å². The standard InChI is InChI=1S/C19H25N5O4S/c1-4-29(26,27)23(3)15-5-6-18(22-12-15)28-16-7-9-24(10-8-16)19(25)17-13-20-14(2)11-21-17/h5-6,11-13,16H,4,7-10H2,1-3H3. The van der Waals surface area contributed by atoms with Crippen molar-refractivity contribution in [3.05, 3.63) is 42.1 Å². The number of carbonyl (C=O) groups excluding carboxylic acids is 1. The summed E-state index contributed by atoms with van der Waals surface area (Å²) in [4.78, 5) is 26.7. The first kappa shape index (κ1) is 21.0. The molecule has 9 nitrogen and oxygen atoms in total. The number of piperidine rings is 1. The molecule has 2 aromatic rings. The third-order valence-corrected chi connectivity index (χ3v) is 6.66. The number of pyridine rings is 1. The zero-order chi connectivity index (χ0) is 21.0. The van der Waals surface area contributed by atoms with Gasteiger partial charge in [0.2, 0.25) is 15.9 Å². The smallest absolute Gasteiger partial charge is 0.274 e. The Morgan fingerprint density at radius 1 is 1.17 bits per heavy atom. The molecule has 0 aliphatic carbocycles. The van der Waals surface area contributed by atoms with Gasteiger partial charge < -0.3 is 9.64 Å². The molecule has 0 unspecified atom stereocenters. The molecule has 2 aromatic heterocycles. The monoisotopic (exact) mass is 419 g/mol. The normalized spacial score (nSPS) is 15.2. The maximum absolute atomic E-state index is 12.5. The molecule has 3 rings (SSSR count). The van der Waals surface area contributed by atoms with Crippen molar-refractivity contribution in [1.29, 1.82) is 0 Å². The number of hydrogen-bond acceptors (Lipinski definition) is 7. The largest absolute Gasteiger partial charge is 0.474 e. The fourth-order valence-corrected chi connectivity index (χ4v) is 3.81. The van der Waals surface area contributed by atoms with Crippen molar-refractivity contribution in [3.8, 4) is 5.88 Å². The van der Waals surface area contributed by atoms with Gasteiger partial charge >= 0.3 is 0 Å². The van der Waals surface area contributed by atoms with Crippen LogP contribution in [0, 0.1) is 6.92 Å². The number of sulfonamides is 1. The highest BCUT2D eigenvalue weighted by Crippen LogP contribution is 2.22. The first-order valence-electron chi connectivity index (χ1n) is 9.47. The van der Waals surface area contributed by atoms with Gasteiger partial charge in [0.15, 0.2) is 0 Å². The lowest BCUT2D eigenvalue weighted by Gasteiger charge is -2.31. The highest BCUT2D eigenvalue weighted by atomic mass is 32.2. The fraction of sp³-hybridized carbons (Fsp3) is 0.474. The number of nitrogens with zero attached hydrogens (tertiary/aromatic N) is 5. The van der Waals surface area contributed by atoms with E-state index in [1.165, 1.54) is 23.7 Å². The van der Waals surface area contributed by atoms with Crippen molar-refractivity contribution < 1.29 is 17.9 Å². The summed E-state index contributed by atoms with van der Waals surface area (Å²) in [5, 5.41) is 0. The molecular weight excluding hydrogens is 394 g/mol. The zero-order valence-electron chi connectivity index (χ0n) is 16.8. The Hall–Kier alpha value is -2.75. The number of aromatic nitrogens is 3. The summed E-state index contributed by atoms with van der Waals surface area (Å²) >= 11 is 0. The van der Waals surface area contributed by atoms with E-state index in [2.05, 4.69) is 15.0 Å². The molecule has 156 valence electrons. The molecule has 0 atom stereocenters. The number of anilines is 1. The van der Waals surface area contributed by atoms with E-state index in [-0.39, 0.29) is 17.8 Å². The van der Waals surface area contributed by atoms with Gasteiger partial charge in [0.25, 0.3) is 5.91 Å². The number of aryl methyl sites for hydroxylation is 1. The van der Waals surface area contributed by atoms with Crippen LogP contribution in [0.25, 0.3) is 0 Å². The van der Waals surface area contributed by atoms with Gasteiger partial charge in [0.05, 0.1) is 29.5 Å². The Morgan fingerprint density at radius 2 is 1.90 bits per heavy atom. The van der Waals surface area contributed by atoms with Crippen LogP contribution in [-0.2, 0) is 10.0 Å². The first-order chi connectivity index (χ1) is 13.8. The van der Waals surface area contributed by atoms with Gasteiger partial charge in [-0.15, -0.1) is 0 Å². The second-order valence-corrected chi connectivity index (χ2v) is 9.16. The summed E-state index contributed by atoms with van der Waals surface area (Å²) in [6.45, 7) is 4.55. The molecule has 0 radical (unpaired) electrons. The van der Waals surface area contributed by atoms with E-state index in [0.29, 0.717) is 43.2 Å². The summed E-state index contributed by atoms with van der Waals surface area (Å²) in [6, 6.07) is 3.33. The number of ether oxygens (including phenoxy) is 1. The fourth-order valence-electron chi connectivity index (χ4n) is 3.00. The maximum Gasteiger partial charge on any atom is 0.274 e. The number of carbonyl (C=O) groups is 1. The van der Waals surface area contributed by atoms with Crippen LogP contribution < -0.4 is 9.04 Å². The Balaban J connectivity index is 1.54. The number of amides is 1. The van der Waals surface area contributed by atoms with Crippen molar-refractivity contribution in [2.45, 2.75) is 32.8 Å².